The lowest BCUT2D eigenvalue weighted by Crippen LogP contribution is -2.06. The van der Waals surface area contributed by atoms with E-state index in [9.17, 15) is 4.79 Å². The zero-order valence-electron chi connectivity index (χ0n) is 10.9. The molecule has 0 spiro atoms. The van der Waals surface area contributed by atoms with Crippen LogP contribution in [0, 0.1) is 6.92 Å². The molecule has 98 valence electrons. The van der Waals surface area contributed by atoms with Gasteiger partial charge >= 0.3 is 5.97 Å². The second kappa shape index (κ2) is 5.89. The minimum atomic E-state index is -0.347. The monoisotopic (exact) mass is 274 g/mol. The SMILES string of the molecule is CCOC(=O)c1cccc(Cl)c1-c1ccc(C)cc1. The number of halogens is 1. The molecule has 19 heavy (non-hydrogen) atoms. The van der Waals surface area contributed by atoms with E-state index < -0.39 is 0 Å². The number of benzene rings is 2. The molecule has 2 aromatic carbocycles. The van der Waals surface area contributed by atoms with Crippen LogP contribution >= 0.6 is 11.6 Å². The van der Waals surface area contributed by atoms with E-state index in [4.69, 9.17) is 16.3 Å². The van der Waals surface area contributed by atoms with Gasteiger partial charge in [0, 0.05) is 10.6 Å². The van der Waals surface area contributed by atoms with Gasteiger partial charge in [-0.25, -0.2) is 4.79 Å². The van der Waals surface area contributed by atoms with Crippen molar-refractivity contribution >= 4 is 17.6 Å². The first-order valence-corrected chi connectivity index (χ1v) is 6.54. The second-order valence-electron chi connectivity index (χ2n) is 4.25. The predicted octanol–water partition coefficient (Wildman–Crippen LogP) is 4.49. The number of carbonyl (C=O) groups excluding carboxylic acids is 1. The molecule has 0 aliphatic heterocycles. The first-order valence-electron chi connectivity index (χ1n) is 6.16. The summed E-state index contributed by atoms with van der Waals surface area (Å²) in [6, 6.07) is 13.2. The Balaban J connectivity index is 2.55. The fraction of sp³-hybridized carbons (Fsp3) is 0.188. The summed E-state index contributed by atoms with van der Waals surface area (Å²) in [6.45, 7) is 4.15. The van der Waals surface area contributed by atoms with Crippen LogP contribution in [0.1, 0.15) is 22.8 Å². The molecular weight excluding hydrogens is 260 g/mol. The third kappa shape index (κ3) is 2.96. The number of esters is 1. The molecule has 0 aromatic heterocycles. The van der Waals surface area contributed by atoms with Crippen molar-refractivity contribution in [3.05, 3.63) is 58.6 Å². The van der Waals surface area contributed by atoms with E-state index in [1.165, 1.54) is 0 Å². The zero-order valence-corrected chi connectivity index (χ0v) is 11.7. The Labute approximate surface area is 118 Å². The molecule has 0 saturated heterocycles. The van der Waals surface area contributed by atoms with E-state index >= 15 is 0 Å². The summed E-state index contributed by atoms with van der Waals surface area (Å²) in [5.74, 6) is -0.347. The third-order valence-corrected chi connectivity index (χ3v) is 3.16. The van der Waals surface area contributed by atoms with Crippen molar-refractivity contribution in [2.24, 2.45) is 0 Å². The Morgan fingerprint density at radius 2 is 1.84 bits per heavy atom. The van der Waals surface area contributed by atoms with Gasteiger partial charge in [-0.1, -0.05) is 47.5 Å². The molecule has 0 heterocycles. The summed E-state index contributed by atoms with van der Waals surface area (Å²) < 4.78 is 5.07. The maximum atomic E-state index is 12.0. The minimum absolute atomic E-state index is 0.346. The Morgan fingerprint density at radius 3 is 2.47 bits per heavy atom. The molecule has 0 aliphatic carbocycles. The Hall–Kier alpha value is -1.80. The highest BCUT2D eigenvalue weighted by Crippen LogP contribution is 2.32. The van der Waals surface area contributed by atoms with Crippen LogP contribution in [-0.2, 0) is 4.74 Å². The van der Waals surface area contributed by atoms with Crippen molar-refractivity contribution in [1.29, 1.82) is 0 Å². The van der Waals surface area contributed by atoms with Crippen molar-refractivity contribution in [2.75, 3.05) is 6.61 Å². The molecule has 0 saturated carbocycles. The molecule has 0 unspecified atom stereocenters. The van der Waals surface area contributed by atoms with Crippen LogP contribution in [0.15, 0.2) is 42.5 Å². The number of hydrogen-bond acceptors (Lipinski definition) is 2. The van der Waals surface area contributed by atoms with Crippen molar-refractivity contribution in [2.45, 2.75) is 13.8 Å². The van der Waals surface area contributed by atoms with Gasteiger partial charge in [0.05, 0.1) is 12.2 Å². The summed E-state index contributed by atoms with van der Waals surface area (Å²) >= 11 is 6.24. The van der Waals surface area contributed by atoms with E-state index in [0.29, 0.717) is 17.2 Å². The predicted molar refractivity (Wildman–Crippen MR) is 77.6 cm³/mol. The standard InChI is InChI=1S/C16H15ClO2/c1-3-19-16(18)13-5-4-6-14(17)15(13)12-9-7-11(2)8-10-12/h4-10H,3H2,1-2H3. The van der Waals surface area contributed by atoms with Crippen LogP contribution in [0.2, 0.25) is 5.02 Å². The van der Waals surface area contributed by atoms with Crippen molar-refractivity contribution in [1.82, 2.24) is 0 Å². The van der Waals surface area contributed by atoms with E-state index in [1.54, 1.807) is 25.1 Å². The Kier molecular flexibility index (Phi) is 4.23. The number of rotatable bonds is 3. The van der Waals surface area contributed by atoms with Crippen LogP contribution < -0.4 is 0 Å². The lowest BCUT2D eigenvalue weighted by atomic mass is 9.99. The van der Waals surface area contributed by atoms with E-state index in [0.717, 1.165) is 16.7 Å². The van der Waals surface area contributed by atoms with Crippen molar-refractivity contribution < 1.29 is 9.53 Å². The van der Waals surface area contributed by atoms with Crippen molar-refractivity contribution in [3.63, 3.8) is 0 Å². The summed E-state index contributed by atoms with van der Waals surface area (Å²) in [6.07, 6.45) is 0. The third-order valence-electron chi connectivity index (χ3n) is 2.85. The van der Waals surface area contributed by atoms with Gasteiger partial charge in [0.1, 0.15) is 0 Å². The molecule has 3 heteroatoms. The van der Waals surface area contributed by atoms with Gasteiger partial charge in [0.15, 0.2) is 0 Å². The van der Waals surface area contributed by atoms with E-state index in [1.807, 2.05) is 31.2 Å². The average molecular weight is 275 g/mol. The van der Waals surface area contributed by atoms with Gasteiger partial charge < -0.3 is 4.74 Å². The normalized spacial score (nSPS) is 10.3. The largest absolute Gasteiger partial charge is 0.462 e. The molecule has 0 radical (unpaired) electrons. The highest BCUT2D eigenvalue weighted by molar-refractivity contribution is 6.34. The summed E-state index contributed by atoms with van der Waals surface area (Å²) in [4.78, 5) is 12.0. The summed E-state index contributed by atoms with van der Waals surface area (Å²) in [5, 5.41) is 0.550. The first kappa shape index (κ1) is 13.6. The molecule has 2 nitrogen and oxygen atoms in total. The lowest BCUT2D eigenvalue weighted by molar-refractivity contribution is 0.0527. The minimum Gasteiger partial charge on any atom is -0.462 e. The molecule has 0 aliphatic rings. The number of ether oxygens (including phenoxy) is 1. The number of hydrogen-bond donors (Lipinski definition) is 0. The van der Waals surface area contributed by atoms with Gasteiger partial charge in [-0.05, 0) is 31.5 Å². The van der Waals surface area contributed by atoms with E-state index in [-0.39, 0.29) is 5.97 Å². The Bertz CT molecular complexity index is 588. The molecule has 0 atom stereocenters. The topological polar surface area (TPSA) is 26.3 Å². The molecule has 0 fully saturated rings. The summed E-state index contributed by atoms with van der Waals surface area (Å²) in [7, 11) is 0. The highest BCUT2D eigenvalue weighted by Gasteiger charge is 2.16. The quantitative estimate of drug-likeness (QED) is 0.771. The molecule has 0 N–H and O–H groups in total. The average Bonchev–Trinajstić information content (AvgIpc) is 2.40. The maximum absolute atomic E-state index is 12.0. The van der Waals surface area contributed by atoms with Crippen molar-refractivity contribution in [3.8, 4) is 11.1 Å². The van der Waals surface area contributed by atoms with Crippen LogP contribution in [0.3, 0.4) is 0 Å². The Morgan fingerprint density at radius 1 is 1.16 bits per heavy atom. The van der Waals surface area contributed by atoms with Crippen LogP contribution in [-0.4, -0.2) is 12.6 Å². The first-order chi connectivity index (χ1) is 9.13. The molecular formula is C16H15ClO2. The van der Waals surface area contributed by atoms with Gasteiger partial charge in [0.25, 0.3) is 0 Å². The smallest absolute Gasteiger partial charge is 0.338 e. The maximum Gasteiger partial charge on any atom is 0.338 e. The molecule has 2 aromatic rings. The second-order valence-corrected chi connectivity index (χ2v) is 4.66. The van der Waals surface area contributed by atoms with Crippen LogP contribution in [0.25, 0.3) is 11.1 Å². The van der Waals surface area contributed by atoms with Crippen LogP contribution in [0.4, 0.5) is 0 Å². The number of carbonyl (C=O) groups is 1. The zero-order chi connectivity index (χ0) is 13.8. The van der Waals surface area contributed by atoms with E-state index in [2.05, 4.69) is 0 Å². The summed E-state index contributed by atoms with van der Waals surface area (Å²) in [5.41, 5.74) is 3.30. The molecule has 2 rings (SSSR count). The van der Waals surface area contributed by atoms with Gasteiger partial charge in [0.2, 0.25) is 0 Å². The van der Waals surface area contributed by atoms with Gasteiger partial charge in [-0.3, -0.25) is 0 Å². The molecule has 0 bridgehead atoms. The van der Waals surface area contributed by atoms with Crippen LogP contribution in [0.5, 0.6) is 0 Å². The number of aryl methyl sites for hydroxylation is 1. The lowest BCUT2D eigenvalue weighted by Gasteiger charge is -2.11. The molecule has 0 amide bonds. The van der Waals surface area contributed by atoms with Gasteiger partial charge in [-0.15, -0.1) is 0 Å². The fourth-order valence-electron chi connectivity index (χ4n) is 1.92. The highest BCUT2D eigenvalue weighted by atomic mass is 35.5. The fourth-order valence-corrected chi connectivity index (χ4v) is 2.20. The van der Waals surface area contributed by atoms with Gasteiger partial charge in [-0.2, -0.15) is 0 Å².